The third kappa shape index (κ3) is 138. The second-order valence-corrected chi connectivity index (χ2v) is 0.908. The molecule has 0 aliphatic heterocycles. The summed E-state index contributed by atoms with van der Waals surface area (Å²) in [5.74, 6) is 0.167. The number of carbonyl (C=O) groups excluding carboxylic acids is 1. The molecule has 0 fully saturated rings. The molecule has 0 N–H and O–H groups in total. The summed E-state index contributed by atoms with van der Waals surface area (Å²) in [7, 11) is 0. The first-order chi connectivity index (χ1) is 1.73. The van der Waals surface area contributed by atoms with Crippen molar-refractivity contribution in [2.24, 2.45) is 0 Å². The van der Waals surface area contributed by atoms with E-state index in [1.54, 1.807) is 0 Å². The van der Waals surface area contributed by atoms with Gasteiger partial charge in [-0.3, -0.25) is 0 Å². The number of Topliss-reactive ketones (excluding diaryl/α,β-unsaturated/α-hetero) is 1. The van der Waals surface area contributed by atoms with Gasteiger partial charge in [0, 0.05) is 23.1 Å². The maximum absolute atomic E-state index is 9.44. The van der Waals surface area contributed by atoms with Crippen LogP contribution in [0, 0.1) is 0 Å². The molecule has 0 saturated carbocycles. The van der Waals surface area contributed by atoms with Crippen LogP contribution in [-0.2, 0) is 4.79 Å². The van der Waals surface area contributed by atoms with Crippen LogP contribution in [0.2, 0.25) is 0 Å². The lowest BCUT2D eigenvalue weighted by Gasteiger charge is -1.56. The van der Waals surface area contributed by atoms with E-state index < -0.39 is 0 Å². The highest BCUT2D eigenvalue weighted by Gasteiger charge is 1.62. The van der Waals surface area contributed by atoms with Gasteiger partial charge in [-0.05, 0) is 13.8 Å². The van der Waals surface area contributed by atoms with Crippen LogP contribution in [-0.4, -0.2) is 28.8 Å². The van der Waals surface area contributed by atoms with Gasteiger partial charge in [0.1, 0.15) is 5.78 Å². The van der Waals surface area contributed by atoms with Crippen molar-refractivity contribution >= 4 is 28.8 Å². The maximum Gasteiger partial charge on any atom is 0.126 e. The summed E-state index contributed by atoms with van der Waals surface area (Å²) < 4.78 is 0. The van der Waals surface area contributed by atoms with Crippen LogP contribution in [0.4, 0.5) is 0 Å². The third-order valence-electron chi connectivity index (χ3n) is 0. The lowest BCUT2D eigenvalue weighted by molar-refractivity contribution is -0.114. The Morgan fingerprint density at radius 3 is 1.40 bits per heavy atom. The molecule has 0 aliphatic carbocycles. The number of rotatable bonds is 0. The molecular weight excluding hydrogens is 76.3 g/mol. The van der Waals surface area contributed by atoms with Crippen LogP contribution in [0.25, 0.3) is 0 Å². The Morgan fingerprint density at radius 2 is 1.40 bits per heavy atom. The molecule has 0 heterocycles. The average molecular weight is 82.4 g/mol. The normalized spacial score (nSPS) is 5.20. The summed E-state index contributed by atoms with van der Waals surface area (Å²) in [4.78, 5) is 9.44. The van der Waals surface area contributed by atoms with Gasteiger partial charge in [0.05, 0.1) is 0 Å². The monoisotopic (exact) mass is 82.0 g/mol. The van der Waals surface area contributed by atoms with Crippen LogP contribution in [0.1, 0.15) is 13.8 Å². The van der Waals surface area contributed by atoms with Crippen LogP contribution < -0.4 is 0 Å². The minimum Gasteiger partial charge on any atom is -0.300 e. The zero-order valence-corrected chi connectivity index (χ0v) is 5.03. The Balaban J connectivity index is 0. The van der Waals surface area contributed by atoms with E-state index in [0.717, 1.165) is 0 Å². The summed E-state index contributed by atoms with van der Waals surface area (Å²) in [6.45, 7) is 3.06. The topological polar surface area (TPSA) is 17.1 Å². The van der Waals surface area contributed by atoms with Gasteiger partial charge in [0.25, 0.3) is 0 Å². The van der Waals surface area contributed by atoms with E-state index in [1.165, 1.54) is 13.8 Å². The van der Waals surface area contributed by atoms with Crippen LogP contribution in [0.3, 0.4) is 0 Å². The molecule has 0 rings (SSSR count). The lowest BCUT2D eigenvalue weighted by atomic mass is 10.6. The van der Waals surface area contributed by atoms with E-state index in [-0.39, 0.29) is 28.8 Å². The van der Waals surface area contributed by atoms with Gasteiger partial charge < -0.3 is 4.79 Å². The fraction of sp³-hybridized carbons (Fsp3) is 0.667. The van der Waals surface area contributed by atoms with Gasteiger partial charge in [0.2, 0.25) is 0 Å². The predicted molar refractivity (Wildman–Crippen MR) is 22.1 cm³/mol. The van der Waals surface area contributed by atoms with Crippen molar-refractivity contribution in [1.82, 2.24) is 0 Å². The van der Waals surface area contributed by atoms with Crippen molar-refractivity contribution in [3.8, 4) is 0 Å². The molecule has 5 heavy (non-hydrogen) atoms. The highest BCUT2D eigenvalue weighted by Crippen LogP contribution is 1.50. The second-order valence-electron chi connectivity index (χ2n) is 0.908. The van der Waals surface area contributed by atoms with Gasteiger partial charge in [-0.15, -0.1) is 0 Å². The Hall–Kier alpha value is 0.436. The smallest absolute Gasteiger partial charge is 0.126 e. The molecule has 0 aromatic rings. The van der Waals surface area contributed by atoms with Crippen LogP contribution in [0.5, 0.6) is 0 Å². The number of hydrogen-bond donors (Lipinski definition) is 0. The first-order valence-electron chi connectivity index (χ1n) is 1.20. The molecule has 0 bridgehead atoms. The van der Waals surface area contributed by atoms with E-state index in [0.29, 0.717) is 0 Å². The van der Waals surface area contributed by atoms with E-state index in [4.69, 9.17) is 0 Å². The van der Waals surface area contributed by atoms with Crippen molar-refractivity contribution in [2.45, 2.75) is 13.8 Å². The van der Waals surface area contributed by atoms with Gasteiger partial charge in [-0.25, -0.2) is 0 Å². The van der Waals surface area contributed by atoms with Crippen molar-refractivity contribution in [3.63, 3.8) is 0 Å². The highest BCUT2D eigenvalue weighted by atomic mass is 24.3. The zero-order valence-electron chi connectivity index (χ0n) is 3.62. The highest BCUT2D eigenvalue weighted by molar-refractivity contribution is 5.75. The molecule has 0 saturated heterocycles. The zero-order chi connectivity index (χ0) is 3.58. The fourth-order valence-electron chi connectivity index (χ4n) is 0. The molecule has 0 atom stereocenters. The van der Waals surface area contributed by atoms with E-state index in [9.17, 15) is 4.79 Å². The summed E-state index contributed by atoms with van der Waals surface area (Å²) in [6, 6.07) is 0. The third-order valence-corrected chi connectivity index (χ3v) is 0. The molecule has 0 aromatic heterocycles. The summed E-state index contributed by atoms with van der Waals surface area (Å²) >= 11 is 0. The van der Waals surface area contributed by atoms with E-state index in [2.05, 4.69) is 0 Å². The van der Waals surface area contributed by atoms with E-state index >= 15 is 0 Å². The largest absolute Gasteiger partial charge is 0.300 e. The molecule has 0 spiro atoms. The van der Waals surface area contributed by atoms with Gasteiger partial charge >= 0.3 is 0 Å². The first-order valence-corrected chi connectivity index (χ1v) is 1.20. The lowest BCUT2D eigenvalue weighted by Crippen LogP contribution is -1.69. The molecule has 1 nitrogen and oxygen atoms in total. The molecule has 0 aromatic carbocycles. The Bertz CT molecular complexity index is 29.9. The summed E-state index contributed by atoms with van der Waals surface area (Å²) in [5, 5.41) is 0. The molecule has 0 amide bonds. The summed E-state index contributed by atoms with van der Waals surface area (Å²) in [5.41, 5.74) is 0. The Labute approximate surface area is 47.9 Å². The minimum atomic E-state index is 0. The number of carbonyl (C=O) groups is 1. The standard InChI is InChI=1S/C3H6O.Mg/c1-3(2)4;/h1-2H3;. The quantitative estimate of drug-likeness (QED) is 0.382. The van der Waals surface area contributed by atoms with Crippen molar-refractivity contribution in [3.05, 3.63) is 0 Å². The number of ketones is 1. The fourth-order valence-corrected chi connectivity index (χ4v) is 0. The van der Waals surface area contributed by atoms with Gasteiger partial charge in [0.15, 0.2) is 0 Å². The molecule has 2 heteroatoms. The van der Waals surface area contributed by atoms with Crippen LogP contribution >= 0.6 is 0 Å². The average Bonchev–Trinajstić information content (AvgIpc) is 0.811. The second kappa shape index (κ2) is 4.44. The van der Waals surface area contributed by atoms with Crippen LogP contribution in [0.15, 0.2) is 0 Å². The maximum atomic E-state index is 9.44. The molecular formula is C3H6MgO. The number of hydrogen-bond acceptors (Lipinski definition) is 1. The molecule has 0 aliphatic rings. The predicted octanol–water partition coefficient (Wildman–Crippen LogP) is 0.214. The molecule has 26 valence electrons. The van der Waals surface area contributed by atoms with Gasteiger partial charge in [-0.2, -0.15) is 0 Å². The van der Waals surface area contributed by atoms with Crippen molar-refractivity contribution < 1.29 is 4.79 Å². The van der Waals surface area contributed by atoms with Crippen molar-refractivity contribution in [1.29, 1.82) is 0 Å². The minimum absolute atomic E-state index is 0. The van der Waals surface area contributed by atoms with E-state index in [1.807, 2.05) is 0 Å². The summed E-state index contributed by atoms with van der Waals surface area (Å²) in [6.07, 6.45) is 0. The van der Waals surface area contributed by atoms with Crippen molar-refractivity contribution in [2.75, 3.05) is 0 Å². The Kier molecular flexibility index (Phi) is 8.04. The SMILES string of the molecule is CC(C)=O.[Mg]. The van der Waals surface area contributed by atoms with Gasteiger partial charge in [-0.1, -0.05) is 0 Å². The molecule has 2 radical (unpaired) electrons. The molecule has 0 unspecified atom stereocenters. The Morgan fingerprint density at radius 1 is 1.40 bits per heavy atom. The first kappa shape index (κ1) is 9.06.